The van der Waals surface area contributed by atoms with Crippen molar-refractivity contribution >= 4 is 21.1 Å². The van der Waals surface area contributed by atoms with Gasteiger partial charge in [0.05, 0.1) is 35.0 Å². The number of fused-ring (bicyclic) bond motifs is 1. The molecule has 206 valence electrons. The van der Waals surface area contributed by atoms with Crippen molar-refractivity contribution in [2.45, 2.75) is 57.9 Å². The summed E-state index contributed by atoms with van der Waals surface area (Å²) in [5.74, 6) is 1.24. The Labute approximate surface area is 228 Å². The van der Waals surface area contributed by atoms with Crippen LogP contribution in [-0.2, 0) is 23.0 Å². The summed E-state index contributed by atoms with van der Waals surface area (Å²) >= 11 is 0. The normalized spacial score (nSPS) is 15.2. The number of aromatic amines is 1. The Kier molecular flexibility index (Phi) is 7.81. The quantitative estimate of drug-likeness (QED) is 0.334. The number of sulfonamides is 1. The van der Waals surface area contributed by atoms with Gasteiger partial charge in [-0.05, 0) is 62.4 Å². The van der Waals surface area contributed by atoms with Crippen LogP contribution in [0.2, 0.25) is 0 Å². The smallest absolute Gasteiger partial charge is 0.279 e. The van der Waals surface area contributed by atoms with Crippen LogP contribution >= 0.6 is 0 Å². The van der Waals surface area contributed by atoms with Crippen LogP contribution in [-0.4, -0.2) is 57.2 Å². The minimum atomic E-state index is -3.72. The van der Waals surface area contributed by atoms with Gasteiger partial charge in [-0.2, -0.15) is 9.40 Å². The van der Waals surface area contributed by atoms with E-state index in [4.69, 9.17) is 9.72 Å². The van der Waals surface area contributed by atoms with E-state index in [9.17, 15) is 13.2 Å². The SMILES string of the molecule is CCOc1ccc(S(=O)(=O)N2CCC(CC)CC2)cc1-c1nc2c(CC)n(Cc3ccccn3)nc2c(=O)[nH]1. The second-order valence-corrected chi connectivity index (χ2v) is 11.7. The lowest BCUT2D eigenvalue weighted by atomic mass is 9.96. The van der Waals surface area contributed by atoms with Crippen molar-refractivity contribution in [3.05, 3.63) is 64.3 Å². The van der Waals surface area contributed by atoms with E-state index in [2.05, 4.69) is 22.0 Å². The summed E-state index contributed by atoms with van der Waals surface area (Å²) in [5.41, 5.74) is 2.33. The summed E-state index contributed by atoms with van der Waals surface area (Å²) < 4.78 is 36.3. The van der Waals surface area contributed by atoms with E-state index in [0.29, 0.717) is 55.4 Å². The molecule has 1 saturated heterocycles. The molecule has 1 N–H and O–H groups in total. The highest BCUT2D eigenvalue weighted by molar-refractivity contribution is 7.89. The summed E-state index contributed by atoms with van der Waals surface area (Å²) in [5, 5.41) is 4.54. The number of hydrogen-bond donors (Lipinski definition) is 1. The lowest BCUT2D eigenvalue weighted by Gasteiger charge is -2.30. The van der Waals surface area contributed by atoms with Gasteiger partial charge in [0.15, 0.2) is 5.52 Å². The van der Waals surface area contributed by atoms with E-state index in [0.717, 1.165) is 30.7 Å². The van der Waals surface area contributed by atoms with Crippen LogP contribution in [0.3, 0.4) is 0 Å². The fourth-order valence-electron chi connectivity index (χ4n) is 5.16. The standard InChI is InChI=1S/C28H34N6O4S/c1-4-19-12-15-33(16-13-19)39(36,37)21-10-11-24(38-6-3)22(17-21)27-30-25-23(5-2)34(32-26(25)28(35)31-27)18-20-9-7-8-14-29-20/h7-11,14,17,19H,4-6,12-13,15-16,18H2,1-3H3,(H,30,31,35). The van der Waals surface area contributed by atoms with Gasteiger partial charge in [-0.15, -0.1) is 0 Å². The van der Waals surface area contributed by atoms with Gasteiger partial charge in [0.2, 0.25) is 10.0 Å². The Morgan fingerprint density at radius 2 is 1.87 bits per heavy atom. The molecule has 0 spiro atoms. The van der Waals surface area contributed by atoms with E-state index in [-0.39, 0.29) is 16.2 Å². The Balaban J connectivity index is 1.58. The van der Waals surface area contributed by atoms with Crippen LogP contribution in [0.25, 0.3) is 22.4 Å². The number of hydrogen-bond acceptors (Lipinski definition) is 7. The largest absolute Gasteiger partial charge is 0.493 e. The molecule has 1 fully saturated rings. The molecule has 4 aromatic rings. The highest BCUT2D eigenvalue weighted by atomic mass is 32.2. The molecule has 39 heavy (non-hydrogen) atoms. The van der Waals surface area contributed by atoms with Gasteiger partial charge in [-0.1, -0.05) is 26.3 Å². The number of aryl methyl sites for hydroxylation is 1. The third-order valence-corrected chi connectivity index (χ3v) is 9.26. The number of rotatable bonds is 9. The van der Waals surface area contributed by atoms with Gasteiger partial charge >= 0.3 is 0 Å². The zero-order valence-electron chi connectivity index (χ0n) is 22.6. The Morgan fingerprint density at radius 1 is 1.08 bits per heavy atom. The maximum absolute atomic E-state index is 13.6. The van der Waals surface area contributed by atoms with Gasteiger partial charge in [0, 0.05) is 19.3 Å². The predicted molar refractivity (Wildman–Crippen MR) is 149 cm³/mol. The second kappa shape index (κ2) is 11.3. The number of aromatic nitrogens is 5. The van der Waals surface area contributed by atoms with Gasteiger partial charge in [0.1, 0.15) is 17.1 Å². The number of piperidine rings is 1. The predicted octanol–water partition coefficient (Wildman–Crippen LogP) is 4.00. The highest BCUT2D eigenvalue weighted by Crippen LogP contribution is 2.33. The average Bonchev–Trinajstić information content (AvgIpc) is 3.31. The molecule has 10 nitrogen and oxygen atoms in total. The molecule has 11 heteroatoms. The molecule has 0 atom stereocenters. The van der Waals surface area contributed by atoms with Crippen LogP contribution in [0.4, 0.5) is 0 Å². The summed E-state index contributed by atoms with van der Waals surface area (Å²) in [7, 11) is -3.72. The molecule has 0 bridgehead atoms. The highest BCUT2D eigenvalue weighted by Gasteiger charge is 2.30. The van der Waals surface area contributed by atoms with Crippen molar-refractivity contribution in [2.24, 2.45) is 5.92 Å². The summed E-state index contributed by atoms with van der Waals surface area (Å²) in [4.78, 5) is 25.3. The Hall–Kier alpha value is -3.57. The lowest BCUT2D eigenvalue weighted by molar-refractivity contribution is 0.269. The van der Waals surface area contributed by atoms with E-state index in [1.54, 1.807) is 33.4 Å². The molecule has 0 radical (unpaired) electrons. The molecule has 5 rings (SSSR count). The van der Waals surface area contributed by atoms with Crippen molar-refractivity contribution in [1.29, 1.82) is 0 Å². The minimum absolute atomic E-state index is 0.153. The van der Waals surface area contributed by atoms with Gasteiger partial charge < -0.3 is 9.72 Å². The third kappa shape index (κ3) is 5.33. The molecule has 0 aliphatic carbocycles. The van der Waals surface area contributed by atoms with Crippen LogP contribution in [0.5, 0.6) is 5.75 Å². The van der Waals surface area contributed by atoms with Crippen molar-refractivity contribution in [2.75, 3.05) is 19.7 Å². The fourth-order valence-corrected chi connectivity index (χ4v) is 6.66. The third-order valence-electron chi connectivity index (χ3n) is 7.37. The fraction of sp³-hybridized carbons (Fsp3) is 0.429. The monoisotopic (exact) mass is 550 g/mol. The zero-order valence-corrected chi connectivity index (χ0v) is 23.4. The maximum Gasteiger partial charge on any atom is 0.279 e. The second-order valence-electron chi connectivity index (χ2n) is 9.74. The van der Waals surface area contributed by atoms with Crippen molar-refractivity contribution in [3.63, 3.8) is 0 Å². The molecule has 0 amide bonds. The number of ether oxygens (including phenoxy) is 1. The molecule has 1 aliphatic heterocycles. The molecule has 0 saturated carbocycles. The first-order chi connectivity index (χ1) is 18.8. The first kappa shape index (κ1) is 27.0. The lowest BCUT2D eigenvalue weighted by Crippen LogP contribution is -2.38. The molecule has 0 unspecified atom stereocenters. The first-order valence-electron chi connectivity index (χ1n) is 13.5. The first-order valence-corrected chi connectivity index (χ1v) is 15.0. The molecule has 1 aliphatic rings. The Morgan fingerprint density at radius 3 is 2.54 bits per heavy atom. The van der Waals surface area contributed by atoms with Crippen LogP contribution < -0.4 is 10.3 Å². The molecule has 1 aromatic carbocycles. The number of H-pyrrole nitrogens is 1. The Bertz CT molecular complexity index is 1620. The van der Waals surface area contributed by atoms with Crippen LogP contribution in [0.1, 0.15) is 51.4 Å². The van der Waals surface area contributed by atoms with Crippen LogP contribution in [0, 0.1) is 5.92 Å². The number of benzene rings is 1. The number of nitrogens with one attached hydrogen (secondary N) is 1. The van der Waals surface area contributed by atoms with Crippen molar-refractivity contribution in [1.82, 2.24) is 29.0 Å². The van der Waals surface area contributed by atoms with Crippen molar-refractivity contribution in [3.8, 4) is 17.1 Å². The number of pyridine rings is 1. The van der Waals surface area contributed by atoms with Gasteiger partial charge in [-0.25, -0.2) is 13.4 Å². The summed E-state index contributed by atoms with van der Waals surface area (Å²) in [6, 6.07) is 10.4. The average molecular weight is 551 g/mol. The van der Waals surface area contributed by atoms with Gasteiger partial charge in [0.25, 0.3) is 5.56 Å². The van der Waals surface area contributed by atoms with Gasteiger partial charge in [-0.3, -0.25) is 14.5 Å². The van der Waals surface area contributed by atoms with Crippen LogP contribution in [0.15, 0.2) is 52.3 Å². The molecule has 3 aromatic heterocycles. The maximum atomic E-state index is 13.6. The topological polar surface area (TPSA) is 123 Å². The molecular weight excluding hydrogens is 516 g/mol. The molecular formula is C28H34N6O4S. The zero-order chi connectivity index (χ0) is 27.6. The van der Waals surface area contributed by atoms with Crippen molar-refractivity contribution < 1.29 is 13.2 Å². The minimum Gasteiger partial charge on any atom is -0.493 e. The number of nitrogens with zero attached hydrogens (tertiary/aromatic N) is 5. The summed E-state index contributed by atoms with van der Waals surface area (Å²) in [6.45, 7) is 7.75. The van der Waals surface area contributed by atoms with E-state index in [1.165, 1.54) is 0 Å². The van der Waals surface area contributed by atoms with E-state index in [1.807, 2.05) is 32.0 Å². The summed E-state index contributed by atoms with van der Waals surface area (Å²) in [6.07, 6.45) is 5.08. The van der Waals surface area contributed by atoms with E-state index >= 15 is 0 Å². The molecule has 4 heterocycles. The van der Waals surface area contributed by atoms with E-state index < -0.39 is 15.6 Å².